The molecule has 0 unspecified atom stereocenters. The Bertz CT molecular complexity index is 1130. The van der Waals surface area contributed by atoms with Crippen molar-refractivity contribution in [1.82, 2.24) is 0 Å². The molecule has 0 fully saturated rings. The zero-order chi connectivity index (χ0) is 23.1. The topological polar surface area (TPSA) is 0 Å². The summed E-state index contributed by atoms with van der Waals surface area (Å²) < 4.78 is 1.53. The zero-order valence-corrected chi connectivity index (χ0v) is 26.2. The molecule has 0 nitrogen and oxygen atoms in total. The Labute approximate surface area is 243 Å². The summed E-state index contributed by atoms with van der Waals surface area (Å²) in [6.45, 7) is 13.8. The molecule has 0 bridgehead atoms. The predicted octanol–water partition coefficient (Wildman–Crippen LogP) is -3.19. The van der Waals surface area contributed by atoms with Crippen LogP contribution >= 0.6 is 0 Å². The maximum absolute atomic E-state index is 2.51. The van der Waals surface area contributed by atoms with Crippen molar-refractivity contribution in [2.45, 2.75) is 48.0 Å². The number of allylic oxidation sites excluding steroid dienone is 4. The number of halogens is 3. The smallest absolute Gasteiger partial charge is 1.00 e. The summed E-state index contributed by atoms with van der Waals surface area (Å²) in [4.78, 5) is 0. The van der Waals surface area contributed by atoms with Crippen molar-refractivity contribution >= 4 is 23.6 Å². The van der Waals surface area contributed by atoms with Crippen molar-refractivity contribution in [2.75, 3.05) is 0 Å². The molecule has 182 valence electrons. The van der Waals surface area contributed by atoms with Crippen LogP contribution in [0, 0.1) is 26.2 Å². The van der Waals surface area contributed by atoms with Gasteiger partial charge in [-0.05, 0) is 0 Å². The van der Waals surface area contributed by atoms with Crippen LogP contribution in [-0.4, -0.2) is 8.07 Å². The molecule has 0 aliphatic heterocycles. The number of rotatable bonds is 4. The van der Waals surface area contributed by atoms with Crippen molar-refractivity contribution in [3.63, 3.8) is 0 Å². The second-order valence-electron chi connectivity index (χ2n) is 10.3. The molecule has 1 aliphatic carbocycles. The van der Waals surface area contributed by atoms with E-state index in [0.717, 1.165) is 6.42 Å². The Morgan fingerprint density at radius 2 is 1.03 bits per heavy atom. The molecule has 0 N–H and O–H groups in total. The average molecular weight is 576 g/mol. The normalized spacial score (nSPS) is 13.4. The summed E-state index contributed by atoms with van der Waals surface area (Å²) >= 11 is 2.37. The molecule has 0 radical (unpaired) electrons. The largest absolute Gasteiger partial charge is 1.00 e. The van der Waals surface area contributed by atoms with Crippen LogP contribution in [0.4, 0.5) is 0 Å². The summed E-state index contributed by atoms with van der Waals surface area (Å²) in [5.74, 6) is 0. The van der Waals surface area contributed by atoms with Gasteiger partial charge in [-0.3, -0.25) is 0 Å². The average Bonchev–Trinajstić information content (AvgIpc) is 3.11. The first-order valence-corrected chi connectivity index (χ1v) is 14.3. The van der Waals surface area contributed by atoms with E-state index in [4.69, 9.17) is 0 Å². The molecule has 35 heavy (non-hydrogen) atoms. The van der Waals surface area contributed by atoms with Gasteiger partial charge >= 0.3 is 208 Å². The minimum atomic E-state index is -2.51. The van der Waals surface area contributed by atoms with Gasteiger partial charge in [0.15, 0.2) is 0 Å². The van der Waals surface area contributed by atoms with Crippen LogP contribution in [0.1, 0.15) is 43.9 Å². The second-order valence-corrected chi connectivity index (χ2v) is 15.0. The van der Waals surface area contributed by atoms with E-state index >= 15 is 0 Å². The monoisotopic (exact) mass is 574 g/mol. The Kier molecular flexibility index (Phi) is 11.4. The van der Waals surface area contributed by atoms with Gasteiger partial charge in [0.25, 0.3) is 0 Å². The number of aryl methyl sites for hydroxylation is 3. The number of hydrogen-bond donors (Lipinski definition) is 0. The third-order valence-electron chi connectivity index (χ3n) is 6.62. The SMILES string of the molecule is Cc1cccc([Si](C2=[C]([Ti+3])CC=C2C(C)(C)C)(c2cccc(C)c2)c2cccc(C)c2)c1.[Cl-].[Cl-].[Cl-]. The standard InChI is InChI=1S/C30H33Si.3ClH.Ti/c1-22-11-7-14-25(19-22)31(26-15-8-12-23(2)20-26,27-16-9-13-24(3)21-27)29-18-10-17-28(29)30(4,5)6;;;;/h7-9,11-17,19-21H,10H2,1-6H3;3*1H;/q;;;;+3/p-3. The van der Waals surface area contributed by atoms with Crippen molar-refractivity contribution < 1.29 is 57.7 Å². The van der Waals surface area contributed by atoms with Gasteiger partial charge in [-0.15, -0.1) is 0 Å². The van der Waals surface area contributed by atoms with Gasteiger partial charge in [0.2, 0.25) is 0 Å². The van der Waals surface area contributed by atoms with E-state index in [-0.39, 0.29) is 42.6 Å². The predicted molar refractivity (Wildman–Crippen MR) is 137 cm³/mol. The van der Waals surface area contributed by atoms with E-state index in [9.17, 15) is 0 Å². The number of hydrogen-bond acceptors (Lipinski definition) is 0. The summed E-state index contributed by atoms with van der Waals surface area (Å²) in [5.41, 5.74) is 5.63. The molecular weight excluding hydrogens is 543 g/mol. The van der Waals surface area contributed by atoms with E-state index in [1.807, 2.05) is 0 Å². The Balaban J connectivity index is 0.00000204. The molecule has 3 aromatic carbocycles. The van der Waals surface area contributed by atoms with Crippen molar-refractivity contribution in [2.24, 2.45) is 5.41 Å². The molecule has 0 amide bonds. The maximum atomic E-state index is 2.51. The molecule has 3 aromatic rings. The second kappa shape index (κ2) is 12.5. The van der Waals surface area contributed by atoms with Crippen LogP contribution in [-0.2, 0) is 20.4 Å². The van der Waals surface area contributed by atoms with Gasteiger partial charge in [-0.25, -0.2) is 0 Å². The van der Waals surface area contributed by atoms with Gasteiger partial charge in [0.05, 0.1) is 0 Å². The minimum Gasteiger partial charge on any atom is -1.00 e. The van der Waals surface area contributed by atoms with Gasteiger partial charge in [0, 0.05) is 0 Å². The van der Waals surface area contributed by atoms with Gasteiger partial charge in [0.1, 0.15) is 0 Å². The van der Waals surface area contributed by atoms with Crippen LogP contribution in [0.25, 0.3) is 0 Å². The minimum absolute atomic E-state index is 0. The molecule has 0 aromatic heterocycles. The zero-order valence-electron chi connectivity index (χ0n) is 21.3. The van der Waals surface area contributed by atoms with Crippen LogP contribution in [0.15, 0.2) is 93.5 Å². The van der Waals surface area contributed by atoms with Crippen LogP contribution < -0.4 is 52.8 Å². The van der Waals surface area contributed by atoms with Crippen LogP contribution in [0.3, 0.4) is 0 Å². The Hall–Kier alpha value is -1.06. The Morgan fingerprint density at radius 1 is 0.657 bits per heavy atom. The van der Waals surface area contributed by atoms with E-state index < -0.39 is 8.07 Å². The summed E-state index contributed by atoms with van der Waals surface area (Å²) in [5, 5.41) is 6.08. The van der Waals surface area contributed by atoms with Gasteiger partial charge in [-0.1, -0.05) is 0 Å². The Morgan fingerprint density at radius 3 is 1.34 bits per heavy atom. The van der Waals surface area contributed by atoms with Crippen molar-refractivity contribution in [3.05, 3.63) is 110 Å². The fourth-order valence-electron chi connectivity index (χ4n) is 5.25. The molecule has 0 saturated heterocycles. The first-order chi connectivity index (χ1) is 15.1. The first-order valence-electron chi connectivity index (χ1n) is 11.5. The summed E-state index contributed by atoms with van der Waals surface area (Å²) in [6.07, 6.45) is 3.56. The van der Waals surface area contributed by atoms with E-state index in [0.29, 0.717) is 0 Å². The molecule has 1 aliphatic rings. The third kappa shape index (κ3) is 6.09. The van der Waals surface area contributed by atoms with Gasteiger partial charge < -0.3 is 37.2 Å². The summed E-state index contributed by atoms with van der Waals surface area (Å²) in [6, 6.07) is 28.0. The fourth-order valence-corrected chi connectivity index (χ4v) is 12.2. The van der Waals surface area contributed by atoms with Crippen molar-refractivity contribution in [1.29, 1.82) is 0 Å². The van der Waals surface area contributed by atoms with Crippen LogP contribution in [0.2, 0.25) is 0 Å². The van der Waals surface area contributed by atoms with Gasteiger partial charge in [-0.2, -0.15) is 0 Å². The summed E-state index contributed by atoms with van der Waals surface area (Å²) in [7, 11) is -2.51. The quantitative estimate of drug-likeness (QED) is 0.227. The molecule has 0 heterocycles. The first kappa shape index (κ1) is 32.0. The molecule has 0 spiro atoms. The molecule has 0 saturated carbocycles. The van der Waals surface area contributed by atoms with E-state index in [2.05, 4.69) is 141 Å². The maximum Gasteiger partial charge on any atom is -1.00 e. The molecule has 5 heteroatoms. The van der Waals surface area contributed by atoms with E-state index in [1.54, 1.807) is 5.20 Å². The van der Waals surface area contributed by atoms with E-state index in [1.165, 1.54) is 41.7 Å². The number of benzene rings is 3. The molecular formula is C30H33Cl3SiTi. The fraction of sp³-hybridized carbons (Fsp3) is 0.267. The van der Waals surface area contributed by atoms with Crippen LogP contribution in [0.5, 0.6) is 0 Å². The molecule has 0 atom stereocenters. The molecule has 4 rings (SSSR count). The third-order valence-corrected chi connectivity index (χ3v) is 12.6. The van der Waals surface area contributed by atoms with Crippen molar-refractivity contribution in [3.8, 4) is 0 Å².